The summed E-state index contributed by atoms with van der Waals surface area (Å²) in [6.45, 7) is 8.71. The fraction of sp³-hybridized carbons (Fsp3) is 1.00. The number of hydrogen-bond acceptors (Lipinski definition) is 3. The van der Waals surface area contributed by atoms with Gasteiger partial charge in [-0.25, -0.2) is 0 Å². The van der Waals surface area contributed by atoms with Crippen LogP contribution in [0.5, 0.6) is 0 Å². The van der Waals surface area contributed by atoms with Crippen LogP contribution in [0.25, 0.3) is 0 Å². The maximum Gasteiger partial charge on any atom is 0.0615 e. The Morgan fingerprint density at radius 3 is 2.53 bits per heavy atom. The van der Waals surface area contributed by atoms with E-state index in [1.807, 2.05) is 0 Å². The third-order valence-corrected chi connectivity index (χ3v) is 4.45. The molecule has 19 heavy (non-hydrogen) atoms. The lowest BCUT2D eigenvalue weighted by Crippen LogP contribution is -2.49. The Morgan fingerprint density at radius 2 is 1.95 bits per heavy atom. The molecule has 0 aromatic carbocycles. The fourth-order valence-corrected chi connectivity index (χ4v) is 3.45. The maximum absolute atomic E-state index is 5.63. The second-order valence-electron chi connectivity index (χ2n) is 7.11. The smallest absolute Gasteiger partial charge is 0.0615 e. The monoisotopic (exact) mass is 270 g/mol. The van der Waals surface area contributed by atoms with Gasteiger partial charge in [-0.1, -0.05) is 33.6 Å². The summed E-state index contributed by atoms with van der Waals surface area (Å²) in [6.07, 6.45) is 7.62. The van der Waals surface area contributed by atoms with Crippen LogP contribution in [-0.4, -0.2) is 32.3 Å². The molecule has 3 N–H and O–H groups in total. The van der Waals surface area contributed by atoms with Gasteiger partial charge in [-0.3, -0.25) is 0 Å². The minimum Gasteiger partial charge on any atom is -0.383 e. The minimum atomic E-state index is 0.392. The molecule has 3 unspecified atom stereocenters. The summed E-state index contributed by atoms with van der Waals surface area (Å²) in [5, 5.41) is 3.87. The van der Waals surface area contributed by atoms with Crippen molar-refractivity contribution in [2.24, 2.45) is 17.1 Å². The van der Waals surface area contributed by atoms with E-state index in [1.165, 1.54) is 25.7 Å². The lowest BCUT2D eigenvalue weighted by molar-refractivity contribution is 0.0979. The van der Waals surface area contributed by atoms with Crippen molar-refractivity contribution in [2.45, 2.75) is 71.4 Å². The SMILES string of the molecule is COCC(CCCN)NC1CCCCC1C(C)(C)C. The van der Waals surface area contributed by atoms with Gasteiger partial charge in [-0.15, -0.1) is 0 Å². The Morgan fingerprint density at radius 1 is 1.26 bits per heavy atom. The highest BCUT2D eigenvalue weighted by molar-refractivity contribution is 4.90. The molecule has 1 aliphatic carbocycles. The number of rotatable bonds is 7. The molecule has 0 heterocycles. The highest BCUT2D eigenvalue weighted by Crippen LogP contribution is 2.38. The highest BCUT2D eigenvalue weighted by Gasteiger charge is 2.34. The largest absolute Gasteiger partial charge is 0.383 e. The van der Waals surface area contributed by atoms with Crippen molar-refractivity contribution < 1.29 is 4.74 Å². The van der Waals surface area contributed by atoms with Gasteiger partial charge in [0, 0.05) is 19.2 Å². The molecule has 3 atom stereocenters. The summed E-state index contributed by atoms with van der Waals surface area (Å²) in [6, 6.07) is 1.10. The van der Waals surface area contributed by atoms with Crippen LogP contribution < -0.4 is 11.1 Å². The standard InChI is InChI=1S/C16H34N2O/c1-16(2,3)14-9-5-6-10-15(14)18-13(12-19-4)8-7-11-17/h13-15,18H,5-12,17H2,1-4H3. The van der Waals surface area contributed by atoms with Gasteiger partial charge in [-0.2, -0.15) is 0 Å². The summed E-state index contributed by atoms with van der Waals surface area (Å²) >= 11 is 0. The van der Waals surface area contributed by atoms with Crippen LogP contribution in [0.4, 0.5) is 0 Å². The van der Waals surface area contributed by atoms with Crippen LogP contribution >= 0.6 is 0 Å². The summed E-state index contributed by atoms with van der Waals surface area (Å²) in [5.74, 6) is 0.776. The van der Waals surface area contributed by atoms with E-state index in [0.29, 0.717) is 17.5 Å². The molecule has 0 aromatic heterocycles. The normalized spacial score (nSPS) is 26.4. The van der Waals surface area contributed by atoms with Crippen molar-refractivity contribution in [3.8, 4) is 0 Å². The number of nitrogens with two attached hydrogens (primary N) is 1. The third-order valence-electron chi connectivity index (χ3n) is 4.45. The highest BCUT2D eigenvalue weighted by atomic mass is 16.5. The molecule has 0 amide bonds. The molecule has 1 fully saturated rings. The quantitative estimate of drug-likeness (QED) is 0.748. The van der Waals surface area contributed by atoms with Gasteiger partial charge in [0.05, 0.1) is 6.61 Å². The van der Waals surface area contributed by atoms with Crippen LogP contribution in [0, 0.1) is 11.3 Å². The van der Waals surface area contributed by atoms with Gasteiger partial charge < -0.3 is 15.8 Å². The Bertz CT molecular complexity index is 237. The molecule has 0 aliphatic heterocycles. The fourth-order valence-electron chi connectivity index (χ4n) is 3.45. The molecule has 0 radical (unpaired) electrons. The molecule has 3 nitrogen and oxygen atoms in total. The molecular weight excluding hydrogens is 236 g/mol. The summed E-state index contributed by atoms with van der Waals surface area (Å²) in [5.41, 5.74) is 6.03. The number of methoxy groups -OCH3 is 1. The summed E-state index contributed by atoms with van der Waals surface area (Å²) < 4.78 is 5.36. The van der Waals surface area contributed by atoms with Crippen LogP contribution in [0.3, 0.4) is 0 Å². The van der Waals surface area contributed by atoms with Gasteiger partial charge in [-0.05, 0) is 43.6 Å². The molecule has 1 saturated carbocycles. The maximum atomic E-state index is 5.63. The summed E-state index contributed by atoms with van der Waals surface area (Å²) in [4.78, 5) is 0. The molecule has 0 aromatic rings. The van der Waals surface area contributed by atoms with E-state index < -0.39 is 0 Å². The average Bonchev–Trinajstić information content (AvgIpc) is 2.35. The van der Waals surface area contributed by atoms with E-state index in [0.717, 1.165) is 31.9 Å². The Balaban J connectivity index is 2.58. The molecule has 1 rings (SSSR count). The Hall–Kier alpha value is -0.120. The van der Waals surface area contributed by atoms with E-state index >= 15 is 0 Å². The second kappa shape index (κ2) is 8.23. The molecule has 0 spiro atoms. The van der Waals surface area contributed by atoms with Crippen molar-refractivity contribution in [1.82, 2.24) is 5.32 Å². The van der Waals surface area contributed by atoms with E-state index in [2.05, 4.69) is 26.1 Å². The van der Waals surface area contributed by atoms with Crippen molar-refractivity contribution in [1.29, 1.82) is 0 Å². The first-order chi connectivity index (χ1) is 8.99. The molecule has 0 bridgehead atoms. The number of nitrogens with one attached hydrogen (secondary N) is 1. The van der Waals surface area contributed by atoms with Crippen LogP contribution in [-0.2, 0) is 4.74 Å². The minimum absolute atomic E-state index is 0.392. The second-order valence-corrected chi connectivity index (χ2v) is 7.11. The zero-order chi connectivity index (χ0) is 14.3. The lowest BCUT2D eigenvalue weighted by Gasteiger charge is -2.42. The van der Waals surface area contributed by atoms with Crippen molar-refractivity contribution >= 4 is 0 Å². The zero-order valence-electron chi connectivity index (χ0n) is 13.4. The molecular formula is C16H34N2O. The third kappa shape index (κ3) is 5.80. The lowest BCUT2D eigenvalue weighted by atomic mass is 9.69. The Kier molecular flexibility index (Phi) is 7.33. The van der Waals surface area contributed by atoms with E-state index in [-0.39, 0.29) is 0 Å². The topological polar surface area (TPSA) is 47.3 Å². The van der Waals surface area contributed by atoms with Crippen molar-refractivity contribution in [2.75, 3.05) is 20.3 Å². The van der Waals surface area contributed by atoms with Gasteiger partial charge in [0.2, 0.25) is 0 Å². The first-order valence-electron chi connectivity index (χ1n) is 7.94. The average molecular weight is 270 g/mol. The van der Waals surface area contributed by atoms with Crippen LogP contribution in [0.15, 0.2) is 0 Å². The number of ether oxygens (including phenoxy) is 1. The van der Waals surface area contributed by atoms with E-state index in [1.54, 1.807) is 7.11 Å². The molecule has 1 aliphatic rings. The van der Waals surface area contributed by atoms with Crippen LogP contribution in [0.1, 0.15) is 59.3 Å². The zero-order valence-corrected chi connectivity index (χ0v) is 13.4. The number of hydrogen-bond donors (Lipinski definition) is 2. The summed E-state index contributed by atoms with van der Waals surface area (Å²) in [7, 11) is 1.79. The van der Waals surface area contributed by atoms with Gasteiger partial charge >= 0.3 is 0 Å². The van der Waals surface area contributed by atoms with Crippen LogP contribution in [0.2, 0.25) is 0 Å². The van der Waals surface area contributed by atoms with Crippen molar-refractivity contribution in [3.63, 3.8) is 0 Å². The first-order valence-corrected chi connectivity index (χ1v) is 7.94. The van der Waals surface area contributed by atoms with E-state index in [4.69, 9.17) is 10.5 Å². The molecule has 114 valence electrons. The van der Waals surface area contributed by atoms with Gasteiger partial charge in [0.25, 0.3) is 0 Å². The predicted octanol–water partition coefficient (Wildman–Crippen LogP) is 2.93. The van der Waals surface area contributed by atoms with Gasteiger partial charge in [0.15, 0.2) is 0 Å². The van der Waals surface area contributed by atoms with Gasteiger partial charge in [0.1, 0.15) is 0 Å². The molecule has 0 saturated heterocycles. The predicted molar refractivity (Wildman–Crippen MR) is 82.3 cm³/mol. The Labute approximate surface area is 119 Å². The van der Waals surface area contributed by atoms with E-state index in [9.17, 15) is 0 Å². The molecule has 3 heteroatoms. The first kappa shape index (κ1) is 16.9. The van der Waals surface area contributed by atoms with Crippen molar-refractivity contribution in [3.05, 3.63) is 0 Å².